The highest BCUT2D eigenvalue weighted by Crippen LogP contribution is 2.65. The Morgan fingerprint density at radius 3 is 2.38 bits per heavy atom. The van der Waals surface area contributed by atoms with Gasteiger partial charge in [-0.15, -0.1) is 0 Å². The van der Waals surface area contributed by atoms with Crippen molar-refractivity contribution in [2.75, 3.05) is 26.9 Å². The number of rotatable bonds is 13. The van der Waals surface area contributed by atoms with E-state index in [2.05, 4.69) is 5.32 Å². The molecular formula is C28H41NO10. The molecule has 3 aliphatic rings. The van der Waals surface area contributed by atoms with Gasteiger partial charge in [-0.3, -0.25) is 19.2 Å². The predicted molar refractivity (Wildman–Crippen MR) is 138 cm³/mol. The van der Waals surface area contributed by atoms with E-state index in [1.54, 1.807) is 13.0 Å². The summed E-state index contributed by atoms with van der Waals surface area (Å²) in [5.74, 6) is -2.20. The first kappa shape index (κ1) is 30.9. The maximum absolute atomic E-state index is 13.2. The minimum absolute atomic E-state index is 0.193. The monoisotopic (exact) mass is 551 g/mol. The van der Waals surface area contributed by atoms with Crippen molar-refractivity contribution in [1.82, 2.24) is 5.32 Å². The van der Waals surface area contributed by atoms with Crippen LogP contribution in [0.1, 0.15) is 66.7 Å². The first-order valence-corrected chi connectivity index (χ1v) is 13.4. The number of aliphatic hydroxyl groups is 2. The molecule has 4 atom stereocenters. The number of aliphatic hydroxyl groups excluding tert-OH is 1. The van der Waals surface area contributed by atoms with Crippen LogP contribution in [0.25, 0.3) is 0 Å². The summed E-state index contributed by atoms with van der Waals surface area (Å²) in [4.78, 5) is 50.1. The Kier molecular flexibility index (Phi) is 9.42. The van der Waals surface area contributed by atoms with E-state index in [0.29, 0.717) is 30.4 Å². The van der Waals surface area contributed by atoms with Gasteiger partial charge in [0.25, 0.3) is 0 Å². The smallest absolute Gasteiger partial charge is 0.326 e. The zero-order valence-electron chi connectivity index (χ0n) is 23.6. The van der Waals surface area contributed by atoms with Crippen molar-refractivity contribution in [3.05, 3.63) is 22.8 Å². The maximum atomic E-state index is 13.2. The van der Waals surface area contributed by atoms with Gasteiger partial charge in [-0.1, -0.05) is 32.4 Å². The van der Waals surface area contributed by atoms with Gasteiger partial charge >= 0.3 is 11.9 Å². The molecule has 0 aromatic carbocycles. The van der Waals surface area contributed by atoms with Crippen LogP contribution in [0.2, 0.25) is 0 Å². The normalized spacial score (nSPS) is 26.0. The van der Waals surface area contributed by atoms with E-state index < -0.39 is 59.3 Å². The van der Waals surface area contributed by atoms with Gasteiger partial charge in [0, 0.05) is 35.5 Å². The van der Waals surface area contributed by atoms with Crippen LogP contribution in [0, 0.1) is 10.8 Å². The highest BCUT2D eigenvalue weighted by Gasteiger charge is 2.66. The zero-order chi connectivity index (χ0) is 29.2. The number of esters is 2. The van der Waals surface area contributed by atoms with Gasteiger partial charge in [0.2, 0.25) is 5.91 Å². The van der Waals surface area contributed by atoms with Crippen molar-refractivity contribution >= 4 is 23.6 Å². The lowest BCUT2D eigenvalue weighted by Gasteiger charge is -2.40. The maximum Gasteiger partial charge on any atom is 0.326 e. The van der Waals surface area contributed by atoms with Gasteiger partial charge < -0.3 is 34.5 Å². The van der Waals surface area contributed by atoms with Gasteiger partial charge in [0.05, 0.1) is 19.1 Å². The fourth-order valence-corrected chi connectivity index (χ4v) is 5.45. The molecule has 0 saturated heterocycles. The molecule has 2 unspecified atom stereocenters. The van der Waals surface area contributed by atoms with E-state index in [1.165, 1.54) is 7.11 Å². The summed E-state index contributed by atoms with van der Waals surface area (Å²) >= 11 is 0. The number of carbonyl (C=O) groups excluding carboxylic acids is 4. The molecule has 0 bridgehead atoms. The van der Waals surface area contributed by atoms with Crippen LogP contribution in [0.5, 0.6) is 0 Å². The standard InChI is InChI=1S/C28H41NO10/c1-7-17(14-30)38-22(36-6)15-37-20(32)9-8-19(31)29-13-21(33)39-25-23-16(2)28(10-11-28)27(5,35)24(34)18(23)12-26(25,3)4/h12,17,22,25,30,35H,7-11,13-15H2,1-6H3,(H,29,31)/t17?,22?,25-,27+/m0/s1. The summed E-state index contributed by atoms with van der Waals surface area (Å²) < 4.78 is 21.4. The van der Waals surface area contributed by atoms with E-state index in [-0.39, 0.29) is 31.8 Å². The average Bonchev–Trinajstić information content (AvgIpc) is 3.66. The van der Waals surface area contributed by atoms with Crippen LogP contribution in [-0.4, -0.2) is 84.8 Å². The Morgan fingerprint density at radius 2 is 1.82 bits per heavy atom. The van der Waals surface area contributed by atoms with Crippen molar-refractivity contribution in [2.45, 2.75) is 90.8 Å². The summed E-state index contributed by atoms with van der Waals surface area (Å²) in [6.45, 7) is 8.20. The average molecular weight is 552 g/mol. The predicted octanol–water partition coefficient (Wildman–Crippen LogP) is 1.49. The fraction of sp³-hybridized carbons (Fsp3) is 0.714. The lowest BCUT2D eigenvalue weighted by Crippen LogP contribution is -2.50. The highest BCUT2D eigenvalue weighted by molar-refractivity contribution is 6.09. The van der Waals surface area contributed by atoms with E-state index in [9.17, 15) is 29.4 Å². The molecule has 0 aromatic rings. The van der Waals surface area contributed by atoms with Gasteiger partial charge in [0.15, 0.2) is 12.1 Å². The van der Waals surface area contributed by atoms with Crippen LogP contribution in [0.3, 0.4) is 0 Å². The third-order valence-corrected chi connectivity index (χ3v) is 8.12. The summed E-state index contributed by atoms with van der Waals surface area (Å²) in [5, 5.41) is 22.7. The Hall–Kier alpha value is -2.60. The molecule has 1 amide bonds. The molecule has 39 heavy (non-hydrogen) atoms. The molecular weight excluding hydrogens is 510 g/mol. The molecule has 3 rings (SSSR count). The van der Waals surface area contributed by atoms with Crippen molar-refractivity contribution < 1.29 is 48.3 Å². The first-order valence-electron chi connectivity index (χ1n) is 13.4. The molecule has 3 aliphatic carbocycles. The van der Waals surface area contributed by atoms with Crippen LogP contribution in [-0.2, 0) is 38.1 Å². The summed E-state index contributed by atoms with van der Waals surface area (Å²) in [7, 11) is 1.39. The number of ketones is 1. The molecule has 1 saturated carbocycles. The second-order valence-corrected chi connectivity index (χ2v) is 11.2. The largest absolute Gasteiger partial charge is 0.460 e. The topological polar surface area (TPSA) is 158 Å². The quantitative estimate of drug-likeness (QED) is 0.226. The van der Waals surface area contributed by atoms with E-state index >= 15 is 0 Å². The molecule has 0 aliphatic heterocycles. The Labute approximate surface area is 228 Å². The first-order chi connectivity index (χ1) is 18.2. The lowest BCUT2D eigenvalue weighted by atomic mass is 9.67. The van der Waals surface area contributed by atoms with Crippen LogP contribution in [0.15, 0.2) is 22.8 Å². The number of carbonyl (C=O) groups is 4. The summed E-state index contributed by atoms with van der Waals surface area (Å²) in [6, 6.07) is 0. The van der Waals surface area contributed by atoms with E-state index in [0.717, 1.165) is 5.57 Å². The molecule has 1 fully saturated rings. The Morgan fingerprint density at radius 1 is 1.15 bits per heavy atom. The highest BCUT2D eigenvalue weighted by atomic mass is 16.7. The third kappa shape index (κ3) is 6.26. The van der Waals surface area contributed by atoms with Crippen molar-refractivity contribution in [3.8, 4) is 0 Å². The number of hydrogen-bond donors (Lipinski definition) is 3. The number of ether oxygens (including phenoxy) is 4. The summed E-state index contributed by atoms with van der Waals surface area (Å²) in [6.07, 6.45) is 1.27. The van der Waals surface area contributed by atoms with Gasteiger partial charge in [0.1, 0.15) is 24.9 Å². The van der Waals surface area contributed by atoms with Crippen LogP contribution < -0.4 is 5.32 Å². The lowest BCUT2D eigenvalue weighted by molar-refractivity contribution is -0.194. The number of hydrogen-bond acceptors (Lipinski definition) is 10. The van der Waals surface area contributed by atoms with E-state index in [1.807, 2.05) is 27.7 Å². The second kappa shape index (κ2) is 11.9. The molecule has 11 nitrogen and oxygen atoms in total. The van der Waals surface area contributed by atoms with Crippen molar-refractivity contribution in [1.29, 1.82) is 0 Å². The van der Waals surface area contributed by atoms with Crippen LogP contribution >= 0.6 is 0 Å². The van der Waals surface area contributed by atoms with Gasteiger partial charge in [-0.25, -0.2) is 0 Å². The SMILES string of the molecule is CCC(CO)OC(COC(=O)CCC(=O)NCC(=O)O[C@H]1C2=C(C)C3(CC3)[C@](C)(O)C(=O)C2=CC1(C)C)OC. The minimum atomic E-state index is -1.49. The fourth-order valence-electron chi connectivity index (χ4n) is 5.45. The number of Topliss-reactive ketones (excluding diaryl/α,β-unsaturated/α-hetero) is 1. The zero-order valence-corrected chi connectivity index (χ0v) is 23.6. The molecule has 1 spiro atoms. The third-order valence-electron chi connectivity index (χ3n) is 8.12. The molecule has 0 heterocycles. The summed E-state index contributed by atoms with van der Waals surface area (Å²) in [5.41, 5.74) is -0.893. The number of nitrogens with one attached hydrogen (secondary N) is 1. The number of amides is 1. The number of methoxy groups -OCH3 is 1. The molecule has 218 valence electrons. The Bertz CT molecular complexity index is 1050. The van der Waals surface area contributed by atoms with Crippen molar-refractivity contribution in [2.24, 2.45) is 10.8 Å². The minimum Gasteiger partial charge on any atom is -0.460 e. The number of fused-ring (bicyclic) bond motifs is 1. The molecule has 3 N–H and O–H groups in total. The van der Waals surface area contributed by atoms with Crippen molar-refractivity contribution in [3.63, 3.8) is 0 Å². The Balaban J connectivity index is 1.49. The second-order valence-electron chi connectivity index (χ2n) is 11.2. The van der Waals surface area contributed by atoms with Gasteiger partial charge in [-0.05, 0) is 33.1 Å². The van der Waals surface area contributed by atoms with E-state index in [4.69, 9.17) is 18.9 Å². The van der Waals surface area contributed by atoms with Crippen LogP contribution in [0.4, 0.5) is 0 Å². The molecule has 0 aromatic heterocycles. The molecule has 11 heteroatoms. The molecule has 0 radical (unpaired) electrons. The van der Waals surface area contributed by atoms with Gasteiger partial charge in [-0.2, -0.15) is 0 Å².